The number of nitrogens with zero attached hydrogens (tertiary/aromatic N) is 2. The van der Waals surface area contributed by atoms with Crippen molar-refractivity contribution in [2.24, 2.45) is 5.73 Å². The van der Waals surface area contributed by atoms with Crippen molar-refractivity contribution in [3.05, 3.63) is 11.9 Å². The Kier molecular flexibility index (Phi) is 5.12. The summed E-state index contributed by atoms with van der Waals surface area (Å²) in [6.45, 7) is 2.82. The second-order valence-electron chi connectivity index (χ2n) is 3.56. The van der Waals surface area contributed by atoms with Gasteiger partial charge in [-0.25, -0.2) is 0 Å². The van der Waals surface area contributed by atoms with Gasteiger partial charge in [0.2, 0.25) is 5.91 Å². The van der Waals surface area contributed by atoms with Crippen LogP contribution in [0.3, 0.4) is 0 Å². The number of ether oxygens (including phenoxy) is 1. The molecule has 0 atom stereocenters. The molecule has 0 radical (unpaired) electrons. The van der Waals surface area contributed by atoms with E-state index in [0.29, 0.717) is 12.2 Å². The Morgan fingerprint density at radius 1 is 1.56 bits per heavy atom. The summed E-state index contributed by atoms with van der Waals surface area (Å²) in [4.78, 5) is 22.1. The molecule has 0 aromatic carbocycles. The second kappa shape index (κ2) is 6.60. The second-order valence-corrected chi connectivity index (χ2v) is 3.56. The van der Waals surface area contributed by atoms with Gasteiger partial charge in [0.25, 0.3) is 5.91 Å². The molecule has 100 valence electrons. The first-order valence-corrected chi connectivity index (χ1v) is 5.51. The predicted octanol–water partition coefficient (Wildman–Crippen LogP) is -1.28. The molecular formula is C10H17N5O3. The molecule has 18 heavy (non-hydrogen) atoms. The molecule has 1 rings (SSSR count). The van der Waals surface area contributed by atoms with Gasteiger partial charge in [-0.05, 0) is 6.92 Å². The lowest BCUT2D eigenvalue weighted by Crippen LogP contribution is -2.29. The standard InChI is InChI=1S/C10H17N5O3/c1-2-15-5-7(11)9(14-15)10(17)13-3-4-18-6-8(12)16/h5H,2-4,6,11H2,1H3,(H2,12,16)(H,13,17). The van der Waals surface area contributed by atoms with E-state index in [1.54, 1.807) is 10.9 Å². The van der Waals surface area contributed by atoms with E-state index in [1.807, 2.05) is 6.92 Å². The van der Waals surface area contributed by atoms with Crippen molar-refractivity contribution >= 4 is 17.5 Å². The molecule has 1 heterocycles. The molecule has 5 N–H and O–H groups in total. The number of hydrogen-bond acceptors (Lipinski definition) is 5. The van der Waals surface area contributed by atoms with Gasteiger partial charge in [0.15, 0.2) is 5.69 Å². The lowest BCUT2D eigenvalue weighted by atomic mass is 10.3. The smallest absolute Gasteiger partial charge is 0.274 e. The van der Waals surface area contributed by atoms with Gasteiger partial charge in [-0.3, -0.25) is 14.3 Å². The number of primary amides is 1. The van der Waals surface area contributed by atoms with Crippen LogP contribution < -0.4 is 16.8 Å². The fraction of sp³-hybridized carbons (Fsp3) is 0.500. The van der Waals surface area contributed by atoms with E-state index in [-0.39, 0.29) is 31.4 Å². The summed E-state index contributed by atoms with van der Waals surface area (Å²) in [5.41, 5.74) is 11.0. The summed E-state index contributed by atoms with van der Waals surface area (Å²) in [6.07, 6.45) is 1.60. The maximum Gasteiger partial charge on any atom is 0.274 e. The highest BCUT2D eigenvalue weighted by molar-refractivity contribution is 5.96. The normalized spacial score (nSPS) is 10.3. The van der Waals surface area contributed by atoms with Crippen LogP contribution in [-0.4, -0.2) is 41.4 Å². The molecule has 0 aliphatic rings. The summed E-state index contributed by atoms with van der Waals surface area (Å²) in [5.74, 6) is -0.922. The highest BCUT2D eigenvalue weighted by Crippen LogP contribution is 2.08. The molecule has 0 saturated heterocycles. The first kappa shape index (κ1) is 14.0. The first-order chi connectivity index (χ1) is 8.54. The molecule has 0 spiro atoms. The van der Waals surface area contributed by atoms with Crippen LogP contribution >= 0.6 is 0 Å². The molecule has 0 aliphatic carbocycles. The zero-order valence-corrected chi connectivity index (χ0v) is 10.2. The minimum Gasteiger partial charge on any atom is -0.396 e. The predicted molar refractivity (Wildman–Crippen MR) is 64.7 cm³/mol. The molecule has 0 saturated carbocycles. The first-order valence-electron chi connectivity index (χ1n) is 5.51. The van der Waals surface area contributed by atoms with Crippen molar-refractivity contribution in [2.75, 3.05) is 25.5 Å². The van der Waals surface area contributed by atoms with Gasteiger partial charge in [0.1, 0.15) is 6.61 Å². The fourth-order valence-electron chi connectivity index (χ4n) is 1.27. The highest BCUT2D eigenvalue weighted by Gasteiger charge is 2.13. The van der Waals surface area contributed by atoms with Crippen molar-refractivity contribution in [3.63, 3.8) is 0 Å². The topological polar surface area (TPSA) is 125 Å². The van der Waals surface area contributed by atoms with Crippen LogP contribution in [0.15, 0.2) is 6.20 Å². The molecule has 0 aliphatic heterocycles. The average molecular weight is 255 g/mol. The van der Waals surface area contributed by atoms with E-state index < -0.39 is 5.91 Å². The number of amides is 2. The SMILES string of the molecule is CCn1cc(N)c(C(=O)NCCOCC(N)=O)n1. The van der Waals surface area contributed by atoms with Crippen molar-refractivity contribution in [1.82, 2.24) is 15.1 Å². The van der Waals surface area contributed by atoms with Crippen molar-refractivity contribution in [3.8, 4) is 0 Å². The van der Waals surface area contributed by atoms with Crippen LogP contribution in [0.1, 0.15) is 17.4 Å². The number of rotatable bonds is 7. The molecule has 8 heteroatoms. The summed E-state index contributed by atoms with van der Waals surface area (Å²) >= 11 is 0. The van der Waals surface area contributed by atoms with E-state index >= 15 is 0 Å². The molecule has 0 unspecified atom stereocenters. The molecule has 2 amide bonds. The van der Waals surface area contributed by atoms with E-state index in [4.69, 9.17) is 16.2 Å². The molecular weight excluding hydrogens is 238 g/mol. The van der Waals surface area contributed by atoms with E-state index in [9.17, 15) is 9.59 Å². The number of nitrogens with two attached hydrogens (primary N) is 2. The van der Waals surface area contributed by atoms with Crippen LogP contribution in [-0.2, 0) is 16.1 Å². The summed E-state index contributed by atoms with van der Waals surface area (Å²) in [7, 11) is 0. The Balaban J connectivity index is 2.36. The average Bonchev–Trinajstić information content (AvgIpc) is 2.69. The zero-order valence-electron chi connectivity index (χ0n) is 10.2. The number of nitrogens with one attached hydrogen (secondary N) is 1. The van der Waals surface area contributed by atoms with E-state index in [2.05, 4.69) is 10.4 Å². The minimum absolute atomic E-state index is 0.164. The lowest BCUT2D eigenvalue weighted by Gasteiger charge is -2.04. The quantitative estimate of drug-likeness (QED) is 0.523. The zero-order chi connectivity index (χ0) is 13.5. The lowest BCUT2D eigenvalue weighted by molar-refractivity contribution is -0.122. The maximum absolute atomic E-state index is 11.7. The summed E-state index contributed by atoms with van der Waals surface area (Å²) in [5, 5.41) is 6.60. The Bertz CT molecular complexity index is 429. The van der Waals surface area contributed by atoms with Gasteiger partial charge < -0.3 is 21.5 Å². The molecule has 8 nitrogen and oxygen atoms in total. The third kappa shape index (κ3) is 4.06. The largest absolute Gasteiger partial charge is 0.396 e. The Morgan fingerprint density at radius 3 is 2.83 bits per heavy atom. The molecule has 0 bridgehead atoms. The molecule has 1 aromatic rings. The van der Waals surface area contributed by atoms with Crippen LogP contribution in [0.5, 0.6) is 0 Å². The number of carbonyl (C=O) groups excluding carboxylic acids is 2. The molecule has 1 aromatic heterocycles. The highest BCUT2D eigenvalue weighted by atomic mass is 16.5. The minimum atomic E-state index is -0.549. The Labute approximate surface area is 104 Å². The summed E-state index contributed by atoms with van der Waals surface area (Å²) in [6, 6.07) is 0. The maximum atomic E-state index is 11.7. The van der Waals surface area contributed by atoms with Crippen LogP contribution in [0.4, 0.5) is 5.69 Å². The van der Waals surface area contributed by atoms with Gasteiger partial charge in [-0.1, -0.05) is 0 Å². The van der Waals surface area contributed by atoms with Gasteiger partial charge in [-0.2, -0.15) is 5.10 Å². The van der Waals surface area contributed by atoms with Gasteiger partial charge in [-0.15, -0.1) is 0 Å². The van der Waals surface area contributed by atoms with Crippen molar-refractivity contribution < 1.29 is 14.3 Å². The Morgan fingerprint density at radius 2 is 2.28 bits per heavy atom. The van der Waals surface area contributed by atoms with Gasteiger partial charge in [0.05, 0.1) is 12.3 Å². The number of carbonyl (C=O) groups is 2. The number of hydrogen-bond donors (Lipinski definition) is 3. The number of anilines is 1. The van der Waals surface area contributed by atoms with Crippen molar-refractivity contribution in [1.29, 1.82) is 0 Å². The fourth-order valence-corrected chi connectivity index (χ4v) is 1.27. The number of aryl methyl sites for hydroxylation is 1. The third-order valence-corrected chi connectivity index (χ3v) is 2.11. The number of nitrogen functional groups attached to an aromatic ring is 1. The van der Waals surface area contributed by atoms with Crippen LogP contribution in [0.2, 0.25) is 0 Å². The van der Waals surface area contributed by atoms with Gasteiger partial charge in [0, 0.05) is 19.3 Å². The third-order valence-electron chi connectivity index (χ3n) is 2.11. The number of aromatic nitrogens is 2. The molecule has 0 fully saturated rings. The van der Waals surface area contributed by atoms with Crippen LogP contribution in [0, 0.1) is 0 Å². The monoisotopic (exact) mass is 255 g/mol. The van der Waals surface area contributed by atoms with Gasteiger partial charge >= 0.3 is 0 Å². The van der Waals surface area contributed by atoms with E-state index in [0.717, 1.165) is 0 Å². The summed E-state index contributed by atoms with van der Waals surface area (Å²) < 4.78 is 6.47. The van der Waals surface area contributed by atoms with Crippen molar-refractivity contribution in [2.45, 2.75) is 13.5 Å². The van der Waals surface area contributed by atoms with E-state index in [1.165, 1.54) is 0 Å². The Hall–Kier alpha value is -2.09. The van der Waals surface area contributed by atoms with Crippen LogP contribution in [0.25, 0.3) is 0 Å².